The number of amides is 1. The van der Waals surface area contributed by atoms with Crippen molar-refractivity contribution >= 4 is 23.4 Å². The molecule has 0 aromatic heterocycles. The molecule has 0 bridgehead atoms. The number of nitriles is 1. The van der Waals surface area contributed by atoms with Gasteiger partial charge in [-0.25, -0.2) is 0 Å². The summed E-state index contributed by atoms with van der Waals surface area (Å²) in [7, 11) is 0. The molecule has 11 heteroatoms. The number of nitrogens with zero attached hydrogens (tertiary/aromatic N) is 3. The van der Waals surface area contributed by atoms with Gasteiger partial charge in [0.2, 0.25) is 5.91 Å². The van der Waals surface area contributed by atoms with Crippen molar-refractivity contribution in [3.05, 3.63) is 35.0 Å². The minimum Gasteiger partial charge on any atom is -0.632 e. The number of likely N-dealkylation sites (tertiary alicyclic amines) is 1. The van der Waals surface area contributed by atoms with E-state index in [2.05, 4.69) is 22.3 Å². The fourth-order valence-corrected chi connectivity index (χ4v) is 6.19. The lowest BCUT2D eigenvalue weighted by Crippen LogP contribution is -2.53. The van der Waals surface area contributed by atoms with Crippen molar-refractivity contribution < 1.29 is 22.6 Å². The molecule has 2 saturated heterocycles. The molecule has 1 amide bonds. The third-order valence-corrected chi connectivity index (χ3v) is 8.03. The zero-order valence-electron chi connectivity index (χ0n) is 19.3. The van der Waals surface area contributed by atoms with Crippen LogP contribution in [-0.4, -0.2) is 78.1 Å². The summed E-state index contributed by atoms with van der Waals surface area (Å²) in [5, 5.41) is 26.8. The fraction of sp³-hybridized carbons (Fsp3) is 0.652. The van der Waals surface area contributed by atoms with Gasteiger partial charge in [-0.3, -0.25) is 4.79 Å². The second kappa shape index (κ2) is 11.6. The molecule has 0 spiro atoms. The van der Waals surface area contributed by atoms with E-state index in [1.54, 1.807) is 18.3 Å². The van der Waals surface area contributed by atoms with E-state index in [1.165, 1.54) is 30.2 Å². The highest BCUT2D eigenvalue weighted by molar-refractivity contribution is 8.00. The number of hydrogen-bond donors (Lipinski definition) is 2. The molecule has 34 heavy (non-hydrogen) atoms. The Kier molecular flexibility index (Phi) is 9.09. The number of quaternary nitrogens is 1. The van der Waals surface area contributed by atoms with Crippen LogP contribution in [0.25, 0.3) is 0 Å². The van der Waals surface area contributed by atoms with E-state index in [1.807, 2.05) is 12.1 Å². The van der Waals surface area contributed by atoms with E-state index >= 15 is 0 Å². The Morgan fingerprint density at radius 3 is 2.76 bits per heavy atom. The Labute approximate surface area is 202 Å². The number of nitrogens with one attached hydrogen (secondary N) is 2. The van der Waals surface area contributed by atoms with Crippen LogP contribution in [0.1, 0.15) is 25.3 Å². The van der Waals surface area contributed by atoms with E-state index in [0.29, 0.717) is 6.54 Å². The fourth-order valence-electron chi connectivity index (χ4n) is 4.48. The number of thioether (sulfide) groups is 1. The minimum atomic E-state index is -4.58. The number of hydrogen-bond acceptors (Lipinski definition) is 6. The molecule has 2 fully saturated rings. The summed E-state index contributed by atoms with van der Waals surface area (Å²) in [5.41, 5.74) is 2.16. The maximum Gasteiger partial charge on any atom is 0.405 e. The van der Waals surface area contributed by atoms with Gasteiger partial charge in [0, 0.05) is 18.8 Å². The van der Waals surface area contributed by atoms with Gasteiger partial charge in [0.15, 0.2) is 11.3 Å². The van der Waals surface area contributed by atoms with Gasteiger partial charge in [0.05, 0.1) is 24.4 Å². The van der Waals surface area contributed by atoms with Crippen molar-refractivity contribution in [2.75, 3.05) is 51.1 Å². The Morgan fingerprint density at radius 1 is 1.38 bits per heavy atom. The maximum absolute atomic E-state index is 13.3. The van der Waals surface area contributed by atoms with E-state index in [0.717, 1.165) is 31.7 Å². The van der Waals surface area contributed by atoms with E-state index in [4.69, 9.17) is 0 Å². The van der Waals surface area contributed by atoms with E-state index in [-0.39, 0.29) is 18.3 Å². The zero-order chi connectivity index (χ0) is 24.8. The van der Waals surface area contributed by atoms with Gasteiger partial charge in [-0.2, -0.15) is 18.4 Å². The highest BCUT2D eigenvalue weighted by atomic mass is 32.2. The Balaban J connectivity index is 1.57. The second-order valence-corrected chi connectivity index (χ2v) is 10.3. The molecule has 0 radical (unpaired) electrons. The third-order valence-electron chi connectivity index (χ3n) is 6.39. The first kappa shape index (κ1) is 26.6. The molecule has 2 aliphatic heterocycles. The summed E-state index contributed by atoms with van der Waals surface area (Å²) in [6.07, 6.45) is -1.10. The molecular formula is C23H32F3N5O2S. The highest BCUT2D eigenvalue weighted by Gasteiger charge is 2.48. The number of carbonyl (C=O) groups excluding carboxylic acids is 1. The molecule has 0 saturated carbocycles. The smallest absolute Gasteiger partial charge is 0.405 e. The van der Waals surface area contributed by atoms with Crippen molar-refractivity contribution in [2.45, 2.75) is 43.0 Å². The van der Waals surface area contributed by atoms with Crippen LogP contribution in [-0.2, 0) is 11.2 Å². The van der Waals surface area contributed by atoms with Gasteiger partial charge in [-0.05, 0) is 57.0 Å². The normalized spacial score (nSPS) is 26.2. The van der Waals surface area contributed by atoms with Crippen LogP contribution >= 0.6 is 11.8 Å². The van der Waals surface area contributed by atoms with Crippen molar-refractivity contribution in [3.63, 3.8) is 0 Å². The average Bonchev–Trinajstić information content (AvgIpc) is 3.44. The number of rotatable bonds is 10. The Morgan fingerprint density at radius 2 is 2.12 bits per heavy atom. The molecule has 1 aromatic rings. The van der Waals surface area contributed by atoms with Gasteiger partial charge in [-0.1, -0.05) is 23.9 Å². The molecule has 1 aromatic carbocycles. The van der Waals surface area contributed by atoms with Gasteiger partial charge in [0.1, 0.15) is 6.54 Å². The monoisotopic (exact) mass is 499 g/mol. The lowest BCUT2D eigenvalue weighted by Gasteiger charge is -2.43. The summed E-state index contributed by atoms with van der Waals surface area (Å²) in [6, 6.07) is 9.90. The molecule has 2 aliphatic rings. The summed E-state index contributed by atoms with van der Waals surface area (Å²) in [6.45, 7) is 4.26. The number of hydroxylamine groups is 3. The number of carbonyl (C=O) groups is 1. The first-order chi connectivity index (χ1) is 16.1. The molecule has 3 rings (SSSR count). The van der Waals surface area contributed by atoms with Gasteiger partial charge in [0.25, 0.3) is 0 Å². The van der Waals surface area contributed by atoms with Crippen LogP contribution in [0.2, 0.25) is 0 Å². The lowest BCUT2D eigenvalue weighted by atomic mass is 10.1. The molecule has 2 N–H and O–H groups in total. The van der Waals surface area contributed by atoms with E-state index in [9.17, 15) is 28.4 Å². The Bertz CT molecular complexity index is 875. The number of halogens is 3. The van der Waals surface area contributed by atoms with Crippen LogP contribution in [0, 0.1) is 22.5 Å². The number of alkyl halides is 3. The molecule has 0 aliphatic carbocycles. The van der Waals surface area contributed by atoms with Gasteiger partial charge >= 0.3 is 6.18 Å². The van der Waals surface area contributed by atoms with Gasteiger partial charge in [-0.15, -0.1) is 0 Å². The second-order valence-electron chi connectivity index (χ2n) is 8.92. The lowest BCUT2D eigenvalue weighted by molar-refractivity contribution is -0.884. The summed E-state index contributed by atoms with van der Waals surface area (Å²) in [4.78, 5) is 14.7. The standard InChI is InChI=1S/C23H32F3N5O2S/c1-2-31(33)15-19(34-22(31)20(13-27)21(32)29-16-23(24,25)26)14-28-18-7-5-6-17(12-18)8-11-30-9-3-4-10-30/h5-7,12,19-20,22,28H,2-4,8-11,14-16H2,1H3,(H,29,32)/t19-,20-,22?,31?/m1/s1. The molecule has 2 heterocycles. The van der Waals surface area contributed by atoms with Crippen molar-refractivity contribution in [3.8, 4) is 6.07 Å². The van der Waals surface area contributed by atoms with Crippen LogP contribution in [0.15, 0.2) is 24.3 Å². The predicted molar refractivity (Wildman–Crippen MR) is 127 cm³/mol. The summed E-state index contributed by atoms with van der Waals surface area (Å²) < 4.78 is 36.6. The summed E-state index contributed by atoms with van der Waals surface area (Å²) >= 11 is 1.21. The maximum atomic E-state index is 13.3. The third kappa shape index (κ3) is 7.25. The topological polar surface area (TPSA) is 91.2 Å². The first-order valence-corrected chi connectivity index (χ1v) is 12.6. The first-order valence-electron chi connectivity index (χ1n) is 11.7. The van der Waals surface area contributed by atoms with Crippen molar-refractivity contribution in [1.29, 1.82) is 5.26 Å². The van der Waals surface area contributed by atoms with Crippen LogP contribution < -0.4 is 10.6 Å². The van der Waals surface area contributed by atoms with Gasteiger partial charge < -0.3 is 25.4 Å². The predicted octanol–water partition coefficient (Wildman–Crippen LogP) is 3.33. The molecule has 188 valence electrons. The number of benzene rings is 1. The quantitative estimate of drug-likeness (QED) is 0.379. The van der Waals surface area contributed by atoms with E-state index < -0.39 is 34.6 Å². The number of anilines is 1. The zero-order valence-corrected chi connectivity index (χ0v) is 20.1. The van der Waals surface area contributed by atoms with Crippen molar-refractivity contribution in [1.82, 2.24) is 10.2 Å². The van der Waals surface area contributed by atoms with Crippen LogP contribution in [0.5, 0.6) is 0 Å². The minimum absolute atomic E-state index is 0.130. The SMILES string of the molecule is CC[N+]1([O-])C[C@@H](CNc2cccc(CCN3CCCC3)c2)SC1[C@H](C#N)C(=O)NCC(F)(F)F. The summed E-state index contributed by atoms with van der Waals surface area (Å²) in [5.74, 6) is -2.51. The molecular weight excluding hydrogens is 467 g/mol. The molecule has 7 nitrogen and oxygen atoms in total. The molecule has 4 atom stereocenters. The van der Waals surface area contributed by atoms with Crippen LogP contribution in [0.4, 0.5) is 18.9 Å². The average molecular weight is 500 g/mol. The van der Waals surface area contributed by atoms with Crippen LogP contribution in [0.3, 0.4) is 0 Å². The van der Waals surface area contributed by atoms with Crippen molar-refractivity contribution in [2.24, 2.45) is 5.92 Å². The molecule has 2 unspecified atom stereocenters. The Hall–Kier alpha value is -2.00. The highest BCUT2D eigenvalue weighted by Crippen LogP contribution is 2.40. The largest absolute Gasteiger partial charge is 0.632 e.